The monoisotopic (exact) mass is 451 g/mol. The molecular weight excluding hydrogens is 422 g/mol. The first-order valence-electron chi connectivity index (χ1n) is 10.7. The van der Waals surface area contributed by atoms with Gasteiger partial charge in [0.15, 0.2) is 6.61 Å². The number of hydrogen-bond donors (Lipinski definition) is 1. The summed E-state index contributed by atoms with van der Waals surface area (Å²) in [4.78, 5) is 36.7. The maximum atomic E-state index is 12.4. The van der Waals surface area contributed by atoms with Crippen LogP contribution in [0.3, 0.4) is 0 Å². The van der Waals surface area contributed by atoms with E-state index >= 15 is 0 Å². The molecular formula is C25H29N3O5. The number of carbonyl (C=O) groups is 3. The predicted octanol–water partition coefficient (Wildman–Crippen LogP) is 4.03. The van der Waals surface area contributed by atoms with E-state index in [1.54, 1.807) is 25.1 Å². The molecule has 8 heteroatoms. The summed E-state index contributed by atoms with van der Waals surface area (Å²) in [6, 6.07) is 10.1. The number of benzene rings is 1. The molecule has 174 valence electrons. The van der Waals surface area contributed by atoms with E-state index in [9.17, 15) is 19.6 Å². The molecule has 1 heterocycles. The van der Waals surface area contributed by atoms with Crippen LogP contribution in [0, 0.1) is 31.1 Å². The van der Waals surface area contributed by atoms with Crippen molar-refractivity contribution in [3.8, 4) is 6.07 Å². The maximum absolute atomic E-state index is 12.4. The lowest BCUT2D eigenvalue weighted by atomic mass is 10.1. The van der Waals surface area contributed by atoms with E-state index in [4.69, 9.17) is 9.47 Å². The first-order chi connectivity index (χ1) is 15.7. The standard InChI is InChI=1S/C25H29N3O5/c1-6-32-25(31)21-9-7-8-10-22(21)27-23(29)15-33-24(30)20(13-26)12-19-11-17(4)28(18(19)5)14-16(2)3/h7-12,16H,6,14-15H2,1-5H3,(H,27,29)/b20-12+. The zero-order valence-electron chi connectivity index (χ0n) is 19.6. The van der Waals surface area contributed by atoms with Crippen LogP contribution >= 0.6 is 0 Å². The lowest BCUT2D eigenvalue weighted by molar-refractivity contribution is -0.142. The number of carbonyl (C=O) groups excluding carboxylic acids is 3. The first kappa shape index (κ1) is 25.4. The van der Waals surface area contributed by atoms with Gasteiger partial charge in [0, 0.05) is 17.9 Å². The Morgan fingerprint density at radius 2 is 1.88 bits per heavy atom. The topological polar surface area (TPSA) is 110 Å². The van der Waals surface area contributed by atoms with Crippen molar-refractivity contribution in [3.63, 3.8) is 0 Å². The normalized spacial score (nSPS) is 11.1. The third-order valence-corrected chi connectivity index (χ3v) is 4.83. The number of amides is 1. The van der Waals surface area contributed by atoms with Gasteiger partial charge in [0.1, 0.15) is 11.6 Å². The Kier molecular flexibility index (Phi) is 8.98. The molecule has 33 heavy (non-hydrogen) atoms. The summed E-state index contributed by atoms with van der Waals surface area (Å²) in [5, 5.41) is 12.0. The SMILES string of the molecule is CCOC(=O)c1ccccc1NC(=O)COC(=O)/C(C#N)=C/c1cc(C)n(CC(C)C)c1C. The molecule has 1 aromatic carbocycles. The van der Waals surface area contributed by atoms with Crippen LogP contribution in [0.25, 0.3) is 6.08 Å². The maximum Gasteiger partial charge on any atom is 0.349 e. The number of rotatable bonds is 9. The number of aryl methyl sites for hydroxylation is 1. The van der Waals surface area contributed by atoms with Crippen molar-refractivity contribution in [1.29, 1.82) is 5.26 Å². The summed E-state index contributed by atoms with van der Waals surface area (Å²) in [6.07, 6.45) is 1.47. The van der Waals surface area contributed by atoms with E-state index in [1.807, 2.05) is 26.0 Å². The Balaban J connectivity index is 2.08. The first-order valence-corrected chi connectivity index (χ1v) is 10.7. The molecule has 0 fully saturated rings. The Bertz CT molecular complexity index is 1110. The summed E-state index contributed by atoms with van der Waals surface area (Å²) >= 11 is 0. The number of nitriles is 1. The van der Waals surface area contributed by atoms with E-state index in [1.165, 1.54) is 12.1 Å². The number of nitrogens with zero attached hydrogens (tertiary/aromatic N) is 2. The van der Waals surface area contributed by atoms with E-state index in [0.29, 0.717) is 5.92 Å². The fourth-order valence-corrected chi connectivity index (χ4v) is 3.29. The van der Waals surface area contributed by atoms with E-state index in [2.05, 4.69) is 23.7 Å². The second kappa shape index (κ2) is 11.7. The molecule has 0 aliphatic rings. The van der Waals surface area contributed by atoms with Crippen LogP contribution in [0.1, 0.15) is 48.1 Å². The van der Waals surface area contributed by atoms with Crippen LogP contribution in [0.15, 0.2) is 35.9 Å². The summed E-state index contributed by atoms with van der Waals surface area (Å²) < 4.78 is 12.1. The number of esters is 2. The van der Waals surface area contributed by atoms with Gasteiger partial charge in [0.2, 0.25) is 0 Å². The van der Waals surface area contributed by atoms with Gasteiger partial charge >= 0.3 is 11.9 Å². The minimum atomic E-state index is -0.903. The molecule has 0 radical (unpaired) electrons. The fourth-order valence-electron chi connectivity index (χ4n) is 3.29. The lowest BCUT2D eigenvalue weighted by Gasteiger charge is -2.12. The zero-order chi connectivity index (χ0) is 24.5. The highest BCUT2D eigenvalue weighted by Gasteiger charge is 2.18. The number of anilines is 1. The number of para-hydroxylation sites is 1. The van der Waals surface area contributed by atoms with Crippen LogP contribution < -0.4 is 5.32 Å². The Labute approximate surface area is 193 Å². The summed E-state index contributed by atoms with van der Waals surface area (Å²) in [7, 11) is 0. The zero-order valence-corrected chi connectivity index (χ0v) is 19.6. The number of nitrogens with one attached hydrogen (secondary N) is 1. The molecule has 1 aromatic heterocycles. The average Bonchev–Trinajstić information content (AvgIpc) is 3.03. The van der Waals surface area contributed by atoms with E-state index in [-0.39, 0.29) is 23.4 Å². The fraction of sp³-hybridized carbons (Fsp3) is 0.360. The van der Waals surface area contributed by atoms with Gasteiger partial charge in [-0.05, 0) is 56.5 Å². The van der Waals surface area contributed by atoms with Crippen molar-refractivity contribution in [2.75, 3.05) is 18.5 Å². The highest BCUT2D eigenvalue weighted by molar-refractivity contribution is 6.03. The van der Waals surface area contributed by atoms with Crippen LogP contribution in [-0.2, 0) is 25.6 Å². The van der Waals surface area contributed by atoms with Gasteiger partial charge in [-0.1, -0.05) is 26.0 Å². The van der Waals surface area contributed by atoms with Crippen molar-refractivity contribution in [3.05, 3.63) is 58.4 Å². The highest BCUT2D eigenvalue weighted by Crippen LogP contribution is 2.20. The molecule has 0 aliphatic carbocycles. The molecule has 8 nitrogen and oxygen atoms in total. The van der Waals surface area contributed by atoms with Gasteiger partial charge in [-0.2, -0.15) is 5.26 Å². The number of aromatic nitrogens is 1. The third-order valence-electron chi connectivity index (χ3n) is 4.83. The summed E-state index contributed by atoms with van der Waals surface area (Å²) in [5.41, 5.74) is 2.93. The minimum Gasteiger partial charge on any atom is -0.462 e. The van der Waals surface area contributed by atoms with Crippen LogP contribution in [0.5, 0.6) is 0 Å². The molecule has 0 aliphatic heterocycles. The quantitative estimate of drug-likeness (QED) is 0.350. The van der Waals surface area contributed by atoms with Crippen molar-refractivity contribution in [2.24, 2.45) is 5.92 Å². The predicted molar refractivity (Wildman–Crippen MR) is 124 cm³/mol. The van der Waals surface area contributed by atoms with Crippen LogP contribution in [0.4, 0.5) is 5.69 Å². The second-order valence-electron chi connectivity index (χ2n) is 7.89. The van der Waals surface area contributed by atoms with Gasteiger partial charge in [0.05, 0.1) is 17.9 Å². The largest absolute Gasteiger partial charge is 0.462 e. The molecule has 2 rings (SSSR count). The van der Waals surface area contributed by atoms with Crippen molar-refractivity contribution >= 4 is 29.6 Å². The molecule has 1 N–H and O–H groups in total. The third kappa shape index (κ3) is 6.81. The van der Waals surface area contributed by atoms with Crippen molar-refractivity contribution < 1.29 is 23.9 Å². The lowest BCUT2D eigenvalue weighted by Crippen LogP contribution is -2.22. The second-order valence-corrected chi connectivity index (χ2v) is 7.89. The van der Waals surface area contributed by atoms with Crippen LogP contribution in [-0.4, -0.2) is 35.6 Å². The van der Waals surface area contributed by atoms with Gasteiger partial charge in [-0.3, -0.25) is 4.79 Å². The molecule has 0 unspecified atom stereocenters. The molecule has 0 spiro atoms. The molecule has 0 bridgehead atoms. The van der Waals surface area contributed by atoms with Gasteiger partial charge < -0.3 is 19.4 Å². The Morgan fingerprint density at radius 3 is 2.52 bits per heavy atom. The molecule has 1 amide bonds. The summed E-state index contributed by atoms with van der Waals surface area (Å²) in [6.45, 7) is 10.2. The Hall–Kier alpha value is -3.86. The van der Waals surface area contributed by atoms with E-state index < -0.39 is 24.5 Å². The highest BCUT2D eigenvalue weighted by atomic mass is 16.5. The van der Waals surface area contributed by atoms with E-state index in [0.717, 1.165) is 23.5 Å². The smallest absolute Gasteiger partial charge is 0.349 e. The number of ether oxygens (including phenoxy) is 2. The number of hydrogen-bond acceptors (Lipinski definition) is 6. The van der Waals surface area contributed by atoms with Crippen LogP contribution in [0.2, 0.25) is 0 Å². The molecule has 0 saturated heterocycles. The van der Waals surface area contributed by atoms with Gasteiger partial charge in [-0.15, -0.1) is 0 Å². The minimum absolute atomic E-state index is 0.188. The molecule has 0 atom stereocenters. The van der Waals surface area contributed by atoms with Crippen molar-refractivity contribution in [2.45, 2.75) is 41.2 Å². The average molecular weight is 452 g/mol. The summed E-state index contributed by atoms with van der Waals surface area (Å²) in [5.74, 6) is -1.68. The molecule has 2 aromatic rings. The van der Waals surface area contributed by atoms with Gasteiger partial charge in [0.25, 0.3) is 5.91 Å². The Morgan fingerprint density at radius 1 is 1.18 bits per heavy atom. The van der Waals surface area contributed by atoms with Gasteiger partial charge in [-0.25, -0.2) is 9.59 Å². The van der Waals surface area contributed by atoms with Crippen molar-refractivity contribution in [1.82, 2.24) is 4.57 Å². The molecule has 0 saturated carbocycles.